The van der Waals surface area contributed by atoms with Gasteiger partial charge in [0.2, 0.25) is 5.91 Å². The number of benzene rings is 1. The van der Waals surface area contributed by atoms with Gasteiger partial charge in [-0.1, -0.05) is 45.0 Å². The molecule has 1 aromatic rings. The van der Waals surface area contributed by atoms with Gasteiger partial charge in [0.15, 0.2) is 5.78 Å². The molecule has 1 fully saturated rings. The summed E-state index contributed by atoms with van der Waals surface area (Å²) in [6, 6.07) is 7.56. The zero-order chi connectivity index (χ0) is 20.1. The molecular weight excluding hydrogens is 344 g/mol. The Bertz CT molecular complexity index is 678. The van der Waals surface area contributed by atoms with Crippen molar-refractivity contribution in [2.75, 3.05) is 13.1 Å². The lowest BCUT2D eigenvalue weighted by Gasteiger charge is -2.42. The monoisotopic (exact) mass is 374 g/mol. The molecule has 0 spiro atoms. The molecule has 0 aliphatic heterocycles. The number of carboxylic acid groups (broad SMARTS) is 1. The molecule has 27 heavy (non-hydrogen) atoms. The normalized spacial score (nSPS) is 20.2. The van der Waals surface area contributed by atoms with Gasteiger partial charge in [-0.2, -0.15) is 0 Å². The summed E-state index contributed by atoms with van der Waals surface area (Å²) in [4.78, 5) is 37.3. The van der Waals surface area contributed by atoms with Crippen LogP contribution in [0.5, 0.6) is 0 Å². The maximum atomic E-state index is 12.5. The Morgan fingerprint density at radius 3 is 2.22 bits per heavy atom. The van der Waals surface area contributed by atoms with Crippen LogP contribution in [-0.4, -0.2) is 52.8 Å². The van der Waals surface area contributed by atoms with E-state index >= 15 is 0 Å². The number of rotatable bonds is 9. The number of hydrogen-bond acceptors (Lipinski definition) is 4. The summed E-state index contributed by atoms with van der Waals surface area (Å²) >= 11 is 0. The topological polar surface area (TPSA) is 86.7 Å². The Morgan fingerprint density at radius 2 is 1.74 bits per heavy atom. The number of carboxylic acids is 1. The van der Waals surface area contributed by atoms with Gasteiger partial charge >= 0.3 is 5.97 Å². The van der Waals surface area contributed by atoms with Crippen LogP contribution >= 0.6 is 0 Å². The molecule has 1 aromatic carbocycles. The third-order valence-corrected chi connectivity index (χ3v) is 5.33. The fraction of sp³-hybridized carbons (Fsp3) is 0.571. The van der Waals surface area contributed by atoms with Crippen molar-refractivity contribution < 1.29 is 19.5 Å². The molecule has 2 rings (SSSR count). The van der Waals surface area contributed by atoms with Gasteiger partial charge < -0.3 is 10.4 Å². The van der Waals surface area contributed by atoms with Crippen LogP contribution in [-0.2, 0) is 9.59 Å². The molecule has 1 saturated carbocycles. The molecule has 6 nitrogen and oxygen atoms in total. The van der Waals surface area contributed by atoms with Crippen molar-refractivity contribution in [2.45, 2.75) is 58.5 Å². The number of amides is 1. The number of hydrogen-bond donors (Lipinski definition) is 2. The number of Topliss-reactive ketones (excluding diaryl/α,β-unsaturated/α-hetero) is 1. The lowest BCUT2D eigenvalue weighted by Crippen LogP contribution is -2.55. The van der Waals surface area contributed by atoms with E-state index in [2.05, 4.69) is 5.32 Å². The Balaban J connectivity index is 1.86. The van der Waals surface area contributed by atoms with E-state index in [1.165, 1.54) is 0 Å². The van der Waals surface area contributed by atoms with Crippen LogP contribution in [0.1, 0.15) is 62.4 Å². The highest BCUT2D eigenvalue weighted by Crippen LogP contribution is 2.27. The second-order valence-electron chi connectivity index (χ2n) is 7.65. The zero-order valence-corrected chi connectivity index (χ0v) is 16.6. The van der Waals surface area contributed by atoms with Crippen molar-refractivity contribution in [3.63, 3.8) is 0 Å². The lowest BCUT2D eigenvalue weighted by atomic mass is 9.84. The number of nitrogens with zero attached hydrogens (tertiary/aromatic N) is 1. The largest absolute Gasteiger partial charge is 0.480 e. The molecule has 1 unspecified atom stereocenters. The van der Waals surface area contributed by atoms with Crippen LogP contribution in [0.2, 0.25) is 0 Å². The number of ketones is 1. The van der Waals surface area contributed by atoms with E-state index in [0.717, 1.165) is 18.4 Å². The summed E-state index contributed by atoms with van der Waals surface area (Å²) in [5, 5.41) is 12.0. The highest BCUT2D eigenvalue weighted by molar-refractivity contribution is 5.97. The van der Waals surface area contributed by atoms with Gasteiger partial charge in [-0.25, -0.2) is 0 Å². The number of carbonyl (C=O) groups excluding carboxylic acids is 2. The van der Waals surface area contributed by atoms with E-state index in [0.29, 0.717) is 12.1 Å². The van der Waals surface area contributed by atoms with Crippen molar-refractivity contribution in [1.29, 1.82) is 0 Å². The molecule has 0 bridgehead atoms. The molecule has 0 aromatic heterocycles. The zero-order valence-electron chi connectivity index (χ0n) is 16.6. The molecule has 1 atom stereocenters. The molecule has 1 aliphatic carbocycles. The highest BCUT2D eigenvalue weighted by atomic mass is 16.4. The second-order valence-corrected chi connectivity index (χ2v) is 7.65. The maximum absolute atomic E-state index is 12.5. The highest BCUT2D eigenvalue weighted by Gasteiger charge is 2.35. The summed E-state index contributed by atoms with van der Waals surface area (Å²) in [7, 11) is 0. The van der Waals surface area contributed by atoms with Crippen molar-refractivity contribution in [2.24, 2.45) is 5.92 Å². The van der Waals surface area contributed by atoms with E-state index in [-0.39, 0.29) is 42.2 Å². The molecule has 1 amide bonds. The summed E-state index contributed by atoms with van der Waals surface area (Å²) in [6.45, 7) is 8.27. The third-order valence-electron chi connectivity index (χ3n) is 5.33. The van der Waals surface area contributed by atoms with Gasteiger partial charge in [-0.05, 0) is 31.9 Å². The molecule has 2 N–H and O–H groups in total. The van der Waals surface area contributed by atoms with Gasteiger partial charge in [-0.3, -0.25) is 19.3 Å². The minimum atomic E-state index is -0.822. The molecular formula is C21H30N2O4. The fourth-order valence-corrected chi connectivity index (χ4v) is 3.42. The Kier molecular flexibility index (Phi) is 7.13. The van der Waals surface area contributed by atoms with Crippen molar-refractivity contribution >= 4 is 17.7 Å². The van der Waals surface area contributed by atoms with Crippen LogP contribution in [0.3, 0.4) is 0 Å². The predicted molar refractivity (Wildman–Crippen MR) is 104 cm³/mol. The first kappa shape index (κ1) is 21.1. The van der Waals surface area contributed by atoms with Crippen molar-refractivity contribution in [3.05, 3.63) is 35.4 Å². The minimum absolute atomic E-state index is 0.0392. The van der Waals surface area contributed by atoms with Crippen LogP contribution in [0.15, 0.2) is 24.3 Å². The smallest absolute Gasteiger partial charge is 0.317 e. The average Bonchev–Trinajstić information content (AvgIpc) is 2.61. The first-order chi connectivity index (χ1) is 12.7. The standard InChI is InChI=1S/C21H30N2O4/c1-5-23(12-19(24)25)18-10-17(11-18)22-21(27)14(4)15-6-8-16(9-7-15)20(26)13(2)3/h6-9,13-14,17-18H,5,10-12H2,1-4H3,(H,22,27)(H,24,25). The number of likely N-dealkylation sites (N-methyl/N-ethyl adjacent to an activating group) is 1. The predicted octanol–water partition coefficient (Wildman–Crippen LogP) is 2.68. The van der Waals surface area contributed by atoms with E-state index in [1.54, 1.807) is 12.1 Å². The van der Waals surface area contributed by atoms with Crippen LogP contribution in [0.25, 0.3) is 0 Å². The molecule has 1 aliphatic rings. The van der Waals surface area contributed by atoms with Crippen LogP contribution < -0.4 is 5.32 Å². The van der Waals surface area contributed by atoms with E-state index in [9.17, 15) is 14.4 Å². The Hall–Kier alpha value is -2.21. The van der Waals surface area contributed by atoms with Gasteiger partial charge in [0.05, 0.1) is 12.5 Å². The molecule has 0 heterocycles. The van der Waals surface area contributed by atoms with E-state index in [4.69, 9.17) is 5.11 Å². The van der Waals surface area contributed by atoms with Crippen LogP contribution in [0, 0.1) is 5.92 Å². The average molecular weight is 374 g/mol. The number of carbonyl (C=O) groups is 3. The van der Waals surface area contributed by atoms with Gasteiger partial charge in [0.25, 0.3) is 0 Å². The number of nitrogens with one attached hydrogen (secondary N) is 1. The quantitative estimate of drug-likeness (QED) is 0.649. The molecule has 6 heteroatoms. The van der Waals surface area contributed by atoms with E-state index in [1.807, 2.05) is 44.7 Å². The maximum Gasteiger partial charge on any atom is 0.317 e. The Morgan fingerprint density at radius 1 is 1.15 bits per heavy atom. The second kappa shape index (κ2) is 9.13. The summed E-state index contributed by atoms with van der Waals surface area (Å²) in [5.74, 6) is -1.11. The molecule has 148 valence electrons. The minimum Gasteiger partial charge on any atom is -0.480 e. The van der Waals surface area contributed by atoms with E-state index < -0.39 is 5.97 Å². The van der Waals surface area contributed by atoms with Crippen molar-refractivity contribution in [3.8, 4) is 0 Å². The van der Waals surface area contributed by atoms with Crippen LogP contribution in [0.4, 0.5) is 0 Å². The third kappa shape index (κ3) is 5.39. The van der Waals surface area contributed by atoms with Gasteiger partial charge in [0.1, 0.15) is 0 Å². The Labute approximate surface area is 160 Å². The molecule has 0 radical (unpaired) electrons. The van der Waals surface area contributed by atoms with Gasteiger partial charge in [-0.15, -0.1) is 0 Å². The lowest BCUT2D eigenvalue weighted by molar-refractivity contribution is -0.139. The number of aliphatic carboxylic acids is 1. The summed E-state index contributed by atoms with van der Waals surface area (Å²) in [6.07, 6.45) is 1.56. The SMILES string of the molecule is CCN(CC(=O)O)C1CC(NC(=O)C(C)c2ccc(C(=O)C(C)C)cc2)C1. The summed E-state index contributed by atoms with van der Waals surface area (Å²) < 4.78 is 0. The summed E-state index contributed by atoms with van der Waals surface area (Å²) in [5.41, 5.74) is 1.55. The first-order valence-corrected chi connectivity index (χ1v) is 9.63. The first-order valence-electron chi connectivity index (χ1n) is 9.63. The van der Waals surface area contributed by atoms with Gasteiger partial charge in [0, 0.05) is 23.6 Å². The molecule has 0 saturated heterocycles. The van der Waals surface area contributed by atoms with Crippen molar-refractivity contribution in [1.82, 2.24) is 10.2 Å². The fourth-order valence-electron chi connectivity index (χ4n) is 3.42.